The van der Waals surface area contributed by atoms with Crippen molar-refractivity contribution in [1.29, 1.82) is 0 Å². The topological polar surface area (TPSA) is 41.1 Å². The van der Waals surface area contributed by atoms with E-state index in [-0.39, 0.29) is 5.91 Å². The van der Waals surface area contributed by atoms with Gasteiger partial charge in [-0.1, -0.05) is 41.8 Å². The van der Waals surface area contributed by atoms with Gasteiger partial charge in [-0.05, 0) is 31.5 Å². The average molecular weight is 313 g/mol. The summed E-state index contributed by atoms with van der Waals surface area (Å²) in [6.07, 6.45) is 3.50. The molecule has 1 atom stereocenters. The molecule has 3 nitrogen and oxygen atoms in total. The molecular formula is C14H21BrN2O. The summed E-state index contributed by atoms with van der Waals surface area (Å²) in [6.45, 7) is 4.64. The molecule has 0 saturated heterocycles. The zero-order valence-corrected chi connectivity index (χ0v) is 12.6. The van der Waals surface area contributed by atoms with Crippen LogP contribution >= 0.6 is 15.9 Å². The highest BCUT2D eigenvalue weighted by Crippen LogP contribution is 2.15. The molecule has 1 unspecified atom stereocenters. The summed E-state index contributed by atoms with van der Waals surface area (Å²) in [6, 6.07) is 7.98. The quantitative estimate of drug-likeness (QED) is 0.808. The first-order valence-corrected chi connectivity index (χ1v) is 7.20. The molecule has 0 heterocycles. The summed E-state index contributed by atoms with van der Waals surface area (Å²) in [7, 11) is 0. The Hall–Kier alpha value is -0.870. The highest BCUT2D eigenvalue weighted by molar-refractivity contribution is 9.10. The molecule has 0 saturated carbocycles. The highest BCUT2D eigenvalue weighted by Gasteiger charge is 2.05. The lowest BCUT2D eigenvalue weighted by Crippen LogP contribution is -2.34. The van der Waals surface area contributed by atoms with Crippen molar-refractivity contribution < 1.29 is 4.79 Å². The maximum Gasteiger partial charge on any atom is 0.238 e. The van der Waals surface area contributed by atoms with Gasteiger partial charge < -0.3 is 10.6 Å². The molecule has 0 radical (unpaired) electrons. The first-order chi connectivity index (χ1) is 8.61. The smallest absolute Gasteiger partial charge is 0.238 e. The number of amides is 1. The molecule has 1 rings (SSSR count). The minimum absolute atomic E-state index is 0.00329. The number of rotatable bonds is 7. The van der Waals surface area contributed by atoms with E-state index in [4.69, 9.17) is 0 Å². The van der Waals surface area contributed by atoms with Crippen molar-refractivity contribution in [2.24, 2.45) is 0 Å². The van der Waals surface area contributed by atoms with Crippen LogP contribution < -0.4 is 10.6 Å². The van der Waals surface area contributed by atoms with Crippen molar-refractivity contribution in [3.63, 3.8) is 0 Å². The normalized spacial score (nSPS) is 12.2. The summed E-state index contributed by atoms with van der Waals surface area (Å²) >= 11 is 3.38. The molecule has 0 bridgehead atoms. The highest BCUT2D eigenvalue weighted by atomic mass is 79.9. The van der Waals surface area contributed by atoms with E-state index < -0.39 is 0 Å². The monoisotopic (exact) mass is 312 g/mol. The Morgan fingerprint density at radius 2 is 2.22 bits per heavy atom. The standard InChI is InChI=1S/C14H21BrN2O/c1-3-4-6-11(2)16-10-14(18)17-13-8-5-7-12(15)9-13/h5,7-9,11,16H,3-4,6,10H2,1-2H3,(H,17,18). The van der Waals surface area contributed by atoms with Crippen LogP contribution in [0.25, 0.3) is 0 Å². The van der Waals surface area contributed by atoms with Crippen LogP contribution in [0.1, 0.15) is 33.1 Å². The largest absolute Gasteiger partial charge is 0.325 e. The number of hydrogen-bond donors (Lipinski definition) is 2. The summed E-state index contributed by atoms with van der Waals surface area (Å²) < 4.78 is 0.963. The van der Waals surface area contributed by atoms with Gasteiger partial charge >= 0.3 is 0 Å². The minimum Gasteiger partial charge on any atom is -0.325 e. The number of carbonyl (C=O) groups excluding carboxylic acids is 1. The summed E-state index contributed by atoms with van der Waals surface area (Å²) in [4.78, 5) is 11.7. The van der Waals surface area contributed by atoms with Crippen LogP contribution in [0.2, 0.25) is 0 Å². The maximum atomic E-state index is 11.7. The minimum atomic E-state index is -0.00329. The number of anilines is 1. The molecular weight excluding hydrogens is 292 g/mol. The molecule has 1 amide bonds. The zero-order chi connectivity index (χ0) is 13.4. The van der Waals surface area contributed by atoms with Gasteiger partial charge in [-0.15, -0.1) is 0 Å². The third kappa shape index (κ3) is 6.17. The zero-order valence-electron chi connectivity index (χ0n) is 11.0. The Morgan fingerprint density at radius 3 is 2.89 bits per heavy atom. The Balaban J connectivity index is 2.29. The van der Waals surface area contributed by atoms with Crippen molar-refractivity contribution in [1.82, 2.24) is 5.32 Å². The second-order valence-corrected chi connectivity index (χ2v) is 5.40. The molecule has 0 aliphatic heterocycles. The van der Waals surface area contributed by atoms with Crippen LogP contribution in [-0.2, 0) is 4.79 Å². The molecule has 0 spiro atoms. The van der Waals surface area contributed by atoms with Gasteiger partial charge in [0.1, 0.15) is 0 Å². The van der Waals surface area contributed by atoms with Gasteiger partial charge in [0.25, 0.3) is 0 Å². The molecule has 0 aliphatic rings. The lowest BCUT2D eigenvalue weighted by atomic mass is 10.1. The van der Waals surface area contributed by atoms with E-state index in [9.17, 15) is 4.79 Å². The predicted molar refractivity (Wildman–Crippen MR) is 79.8 cm³/mol. The number of hydrogen-bond acceptors (Lipinski definition) is 2. The predicted octanol–water partition coefficient (Wildman–Crippen LogP) is 3.56. The number of unbranched alkanes of at least 4 members (excludes halogenated alkanes) is 1. The van der Waals surface area contributed by atoms with Gasteiger partial charge in [0.2, 0.25) is 5.91 Å². The van der Waals surface area contributed by atoms with E-state index in [1.807, 2.05) is 24.3 Å². The second kappa shape index (κ2) is 8.27. The van der Waals surface area contributed by atoms with E-state index in [1.54, 1.807) is 0 Å². The van der Waals surface area contributed by atoms with Crippen LogP contribution in [-0.4, -0.2) is 18.5 Å². The number of halogens is 1. The first-order valence-electron chi connectivity index (χ1n) is 6.40. The van der Waals surface area contributed by atoms with Gasteiger partial charge in [0, 0.05) is 16.2 Å². The van der Waals surface area contributed by atoms with Crippen LogP contribution in [0, 0.1) is 0 Å². The first kappa shape index (κ1) is 15.2. The van der Waals surface area contributed by atoms with Crippen molar-refractivity contribution in [3.8, 4) is 0 Å². The van der Waals surface area contributed by atoms with E-state index in [2.05, 4.69) is 40.4 Å². The van der Waals surface area contributed by atoms with E-state index in [0.29, 0.717) is 12.6 Å². The van der Waals surface area contributed by atoms with Crippen molar-refractivity contribution in [2.45, 2.75) is 39.2 Å². The molecule has 1 aromatic rings. The fourth-order valence-electron chi connectivity index (χ4n) is 1.65. The molecule has 0 fully saturated rings. The third-order valence-electron chi connectivity index (χ3n) is 2.71. The van der Waals surface area contributed by atoms with Crippen LogP contribution in [0.15, 0.2) is 28.7 Å². The molecule has 2 N–H and O–H groups in total. The molecule has 4 heteroatoms. The Kier molecular flexibility index (Phi) is 6.98. The Bertz CT molecular complexity index is 382. The van der Waals surface area contributed by atoms with Gasteiger partial charge in [-0.2, -0.15) is 0 Å². The van der Waals surface area contributed by atoms with Gasteiger partial charge in [0.15, 0.2) is 0 Å². The summed E-state index contributed by atoms with van der Waals surface area (Å²) in [5.41, 5.74) is 0.817. The number of carbonyl (C=O) groups is 1. The third-order valence-corrected chi connectivity index (χ3v) is 3.20. The number of nitrogens with one attached hydrogen (secondary N) is 2. The SMILES string of the molecule is CCCCC(C)NCC(=O)Nc1cccc(Br)c1. The second-order valence-electron chi connectivity index (χ2n) is 4.48. The average Bonchev–Trinajstić information content (AvgIpc) is 2.34. The van der Waals surface area contributed by atoms with Crippen LogP contribution in [0.4, 0.5) is 5.69 Å². The van der Waals surface area contributed by atoms with E-state index in [1.165, 1.54) is 12.8 Å². The molecule has 100 valence electrons. The lowest BCUT2D eigenvalue weighted by Gasteiger charge is -2.13. The van der Waals surface area contributed by atoms with Crippen molar-refractivity contribution >= 4 is 27.5 Å². The summed E-state index contributed by atoms with van der Waals surface area (Å²) in [5.74, 6) is -0.00329. The van der Waals surface area contributed by atoms with Crippen LogP contribution in [0.5, 0.6) is 0 Å². The Labute approximate surface area is 117 Å². The lowest BCUT2D eigenvalue weighted by molar-refractivity contribution is -0.115. The maximum absolute atomic E-state index is 11.7. The molecule has 0 aromatic heterocycles. The van der Waals surface area contributed by atoms with E-state index >= 15 is 0 Å². The van der Waals surface area contributed by atoms with Gasteiger partial charge in [0.05, 0.1) is 6.54 Å². The van der Waals surface area contributed by atoms with Crippen molar-refractivity contribution in [2.75, 3.05) is 11.9 Å². The molecule has 0 aliphatic carbocycles. The summed E-state index contributed by atoms with van der Waals surface area (Å²) in [5, 5.41) is 6.09. The fraction of sp³-hybridized carbons (Fsp3) is 0.500. The van der Waals surface area contributed by atoms with Gasteiger partial charge in [-0.25, -0.2) is 0 Å². The number of benzene rings is 1. The van der Waals surface area contributed by atoms with E-state index in [0.717, 1.165) is 16.6 Å². The molecule has 1 aromatic carbocycles. The Morgan fingerprint density at radius 1 is 1.44 bits per heavy atom. The van der Waals surface area contributed by atoms with Gasteiger partial charge in [-0.3, -0.25) is 4.79 Å². The van der Waals surface area contributed by atoms with Crippen molar-refractivity contribution in [3.05, 3.63) is 28.7 Å². The molecule has 18 heavy (non-hydrogen) atoms. The fourth-order valence-corrected chi connectivity index (χ4v) is 2.05. The van der Waals surface area contributed by atoms with Crippen LogP contribution in [0.3, 0.4) is 0 Å².